The first-order valence-electron chi connectivity index (χ1n) is 5.04. The van der Waals surface area contributed by atoms with E-state index in [2.05, 4.69) is 22.8 Å². The van der Waals surface area contributed by atoms with Crippen molar-refractivity contribution in [2.75, 3.05) is 11.4 Å². The second-order valence-electron chi connectivity index (χ2n) is 3.44. The molecule has 2 rings (SSSR count). The zero-order valence-corrected chi connectivity index (χ0v) is 10.1. The molecule has 0 N–H and O–H groups in total. The van der Waals surface area contributed by atoms with Gasteiger partial charge < -0.3 is 4.31 Å². The SMILES string of the molecule is C/C=C/c1nc2ccccc2nc1N(C)S. The number of allylic oxidation sites excluding steroid dienone is 1. The largest absolute Gasteiger partial charge is 0.304 e. The van der Waals surface area contributed by atoms with Gasteiger partial charge in [0.15, 0.2) is 5.82 Å². The number of rotatable bonds is 2. The van der Waals surface area contributed by atoms with Crippen molar-refractivity contribution in [2.45, 2.75) is 6.92 Å². The van der Waals surface area contributed by atoms with Crippen molar-refractivity contribution >= 4 is 35.7 Å². The highest BCUT2D eigenvalue weighted by Gasteiger charge is 2.07. The van der Waals surface area contributed by atoms with E-state index in [0.717, 1.165) is 22.5 Å². The van der Waals surface area contributed by atoms with Crippen LogP contribution in [0.4, 0.5) is 5.82 Å². The molecule has 16 heavy (non-hydrogen) atoms. The van der Waals surface area contributed by atoms with E-state index in [-0.39, 0.29) is 0 Å². The lowest BCUT2D eigenvalue weighted by Crippen LogP contribution is -2.07. The summed E-state index contributed by atoms with van der Waals surface area (Å²) in [4.78, 5) is 9.08. The predicted molar refractivity (Wildman–Crippen MR) is 71.6 cm³/mol. The first-order valence-corrected chi connectivity index (χ1v) is 5.44. The van der Waals surface area contributed by atoms with Gasteiger partial charge in [0.25, 0.3) is 0 Å². The summed E-state index contributed by atoms with van der Waals surface area (Å²) in [6.45, 7) is 1.96. The van der Waals surface area contributed by atoms with E-state index >= 15 is 0 Å². The minimum Gasteiger partial charge on any atom is -0.304 e. The molecule has 3 nitrogen and oxygen atoms in total. The molecule has 0 spiro atoms. The van der Waals surface area contributed by atoms with Crippen molar-refractivity contribution in [3.63, 3.8) is 0 Å². The van der Waals surface area contributed by atoms with Gasteiger partial charge in [-0.3, -0.25) is 0 Å². The van der Waals surface area contributed by atoms with Gasteiger partial charge in [-0.05, 0) is 25.1 Å². The molecule has 0 amide bonds. The number of thiol groups is 1. The molecular weight excluding hydrogens is 218 g/mol. The van der Waals surface area contributed by atoms with Crippen LogP contribution in [0.2, 0.25) is 0 Å². The van der Waals surface area contributed by atoms with Gasteiger partial charge in [0, 0.05) is 7.05 Å². The van der Waals surface area contributed by atoms with Crippen LogP contribution in [-0.4, -0.2) is 17.0 Å². The normalized spacial score (nSPS) is 11.2. The zero-order chi connectivity index (χ0) is 11.5. The van der Waals surface area contributed by atoms with Gasteiger partial charge in [-0.25, -0.2) is 9.97 Å². The summed E-state index contributed by atoms with van der Waals surface area (Å²) in [6, 6.07) is 7.81. The Morgan fingerprint density at radius 3 is 2.38 bits per heavy atom. The smallest absolute Gasteiger partial charge is 0.164 e. The topological polar surface area (TPSA) is 29.0 Å². The Kier molecular flexibility index (Phi) is 3.10. The van der Waals surface area contributed by atoms with Gasteiger partial charge in [-0.15, -0.1) is 0 Å². The van der Waals surface area contributed by atoms with Gasteiger partial charge in [0.1, 0.15) is 5.69 Å². The maximum atomic E-state index is 4.55. The Morgan fingerprint density at radius 1 is 1.19 bits per heavy atom. The van der Waals surface area contributed by atoms with Gasteiger partial charge in [0.2, 0.25) is 0 Å². The second kappa shape index (κ2) is 4.53. The summed E-state index contributed by atoms with van der Waals surface area (Å²) in [5, 5.41) is 0. The van der Waals surface area contributed by atoms with E-state index in [1.807, 2.05) is 50.4 Å². The minimum absolute atomic E-state index is 0.764. The molecule has 0 bridgehead atoms. The van der Waals surface area contributed by atoms with Crippen LogP contribution in [-0.2, 0) is 0 Å². The molecule has 1 aromatic carbocycles. The Morgan fingerprint density at radius 2 is 1.81 bits per heavy atom. The molecule has 0 aliphatic carbocycles. The van der Waals surface area contributed by atoms with E-state index in [1.165, 1.54) is 0 Å². The lowest BCUT2D eigenvalue weighted by atomic mass is 10.2. The molecule has 0 aliphatic rings. The lowest BCUT2D eigenvalue weighted by Gasteiger charge is -2.13. The van der Waals surface area contributed by atoms with Crippen molar-refractivity contribution in [1.29, 1.82) is 0 Å². The highest BCUT2D eigenvalue weighted by molar-refractivity contribution is 7.81. The molecule has 1 heterocycles. The van der Waals surface area contributed by atoms with Crippen LogP contribution in [0.25, 0.3) is 17.1 Å². The van der Waals surface area contributed by atoms with Gasteiger partial charge in [-0.1, -0.05) is 31.0 Å². The monoisotopic (exact) mass is 231 g/mol. The quantitative estimate of drug-likeness (QED) is 0.806. The highest BCUT2D eigenvalue weighted by atomic mass is 32.1. The van der Waals surface area contributed by atoms with E-state index < -0.39 is 0 Å². The number of anilines is 1. The van der Waals surface area contributed by atoms with Crippen LogP contribution in [0.15, 0.2) is 30.3 Å². The van der Waals surface area contributed by atoms with Crippen LogP contribution in [0.1, 0.15) is 12.6 Å². The molecule has 1 aromatic heterocycles. The maximum absolute atomic E-state index is 4.55. The standard InChI is InChI=1S/C12H13N3S/c1-3-6-11-12(15(2)16)14-10-8-5-4-7-9(10)13-11/h3-8,16H,1-2H3/b6-3+. The van der Waals surface area contributed by atoms with Crippen molar-refractivity contribution in [3.8, 4) is 0 Å². The molecule has 2 aromatic rings. The van der Waals surface area contributed by atoms with Gasteiger partial charge in [-0.2, -0.15) is 0 Å². The Bertz CT molecular complexity index is 535. The van der Waals surface area contributed by atoms with Crippen LogP contribution >= 0.6 is 12.8 Å². The molecule has 0 saturated heterocycles. The van der Waals surface area contributed by atoms with Crippen molar-refractivity contribution < 1.29 is 0 Å². The van der Waals surface area contributed by atoms with E-state index in [9.17, 15) is 0 Å². The van der Waals surface area contributed by atoms with Crippen LogP contribution in [0.3, 0.4) is 0 Å². The summed E-state index contributed by atoms with van der Waals surface area (Å²) in [5.74, 6) is 0.764. The van der Waals surface area contributed by atoms with Crippen LogP contribution < -0.4 is 4.31 Å². The average Bonchev–Trinajstić information content (AvgIpc) is 2.28. The maximum Gasteiger partial charge on any atom is 0.164 e. The predicted octanol–water partition coefficient (Wildman–Crippen LogP) is 2.94. The molecule has 0 atom stereocenters. The van der Waals surface area contributed by atoms with Crippen LogP contribution in [0.5, 0.6) is 0 Å². The minimum atomic E-state index is 0.764. The molecule has 0 aliphatic heterocycles. The number of aromatic nitrogens is 2. The molecule has 0 fully saturated rings. The van der Waals surface area contributed by atoms with Crippen molar-refractivity contribution in [2.24, 2.45) is 0 Å². The molecule has 4 heteroatoms. The fraction of sp³-hybridized carbons (Fsp3) is 0.167. The summed E-state index contributed by atoms with van der Waals surface area (Å²) >= 11 is 4.27. The molecule has 0 radical (unpaired) electrons. The van der Waals surface area contributed by atoms with E-state index in [0.29, 0.717) is 0 Å². The third-order valence-electron chi connectivity index (χ3n) is 2.21. The van der Waals surface area contributed by atoms with Crippen LogP contribution in [0, 0.1) is 0 Å². The zero-order valence-electron chi connectivity index (χ0n) is 9.25. The Hall–Kier alpha value is -1.55. The second-order valence-corrected chi connectivity index (χ2v) is 4.04. The summed E-state index contributed by atoms with van der Waals surface area (Å²) in [6.07, 6.45) is 3.88. The number of hydrogen-bond acceptors (Lipinski definition) is 4. The Balaban J connectivity index is 2.70. The summed E-state index contributed by atoms with van der Waals surface area (Å²) in [5.41, 5.74) is 2.61. The molecular formula is C12H13N3S. The summed E-state index contributed by atoms with van der Waals surface area (Å²) in [7, 11) is 1.84. The number of nitrogens with zero attached hydrogens (tertiary/aromatic N) is 3. The highest BCUT2D eigenvalue weighted by Crippen LogP contribution is 2.21. The molecule has 0 saturated carbocycles. The summed E-state index contributed by atoms with van der Waals surface area (Å²) < 4.78 is 1.68. The number of hydrogen-bond donors (Lipinski definition) is 1. The van der Waals surface area contributed by atoms with E-state index in [4.69, 9.17) is 0 Å². The Labute approximate surface area is 100 Å². The van der Waals surface area contributed by atoms with E-state index in [1.54, 1.807) is 4.31 Å². The van der Waals surface area contributed by atoms with Gasteiger partial charge in [0.05, 0.1) is 11.0 Å². The number of fused-ring (bicyclic) bond motifs is 1. The molecule has 0 unspecified atom stereocenters. The fourth-order valence-corrected chi connectivity index (χ4v) is 1.66. The molecule has 82 valence electrons. The van der Waals surface area contributed by atoms with Gasteiger partial charge >= 0.3 is 0 Å². The van der Waals surface area contributed by atoms with Crippen molar-refractivity contribution in [3.05, 3.63) is 36.0 Å². The van der Waals surface area contributed by atoms with Crippen molar-refractivity contribution in [1.82, 2.24) is 9.97 Å². The number of para-hydroxylation sites is 2. The third-order valence-corrected chi connectivity index (χ3v) is 2.40. The first-order chi connectivity index (χ1) is 7.72. The first kappa shape index (κ1) is 11.0. The average molecular weight is 231 g/mol. The lowest BCUT2D eigenvalue weighted by molar-refractivity contribution is 1.19. The number of benzene rings is 1. The fourth-order valence-electron chi connectivity index (χ4n) is 1.51. The third kappa shape index (κ3) is 2.02.